The first-order valence-electron chi connectivity index (χ1n) is 11.6. The molecule has 0 heterocycles. The molecule has 34 heavy (non-hydrogen) atoms. The standard InChI is InChI=1S/C26H32N2O5S/c1-3-4-13-23(25(31)28(14-15-34-2)16-24(29)30)27-26(32)33-17-22-20-11-7-5-9-18(20)19-10-6-8-12-21(19)22/h5-12,22-23H,3-4,13-17H2,1-2H3,(H,27,32)(H,29,30). The van der Waals surface area contributed by atoms with Crippen LogP contribution in [-0.4, -0.2) is 65.7 Å². The summed E-state index contributed by atoms with van der Waals surface area (Å²) in [6.07, 6.45) is 3.22. The maximum Gasteiger partial charge on any atom is 0.407 e. The average Bonchev–Trinajstić information content (AvgIpc) is 3.16. The van der Waals surface area contributed by atoms with E-state index in [4.69, 9.17) is 4.74 Å². The van der Waals surface area contributed by atoms with E-state index in [1.54, 1.807) is 0 Å². The maximum absolute atomic E-state index is 13.1. The number of carboxylic acid groups (broad SMARTS) is 1. The second-order valence-electron chi connectivity index (χ2n) is 8.31. The highest BCUT2D eigenvalue weighted by Gasteiger charge is 2.31. The summed E-state index contributed by atoms with van der Waals surface area (Å²) < 4.78 is 5.60. The molecule has 0 saturated carbocycles. The van der Waals surface area contributed by atoms with E-state index in [2.05, 4.69) is 17.4 Å². The van der Waals surface area contributed by atoms with Crippen LogP contribution >= 0.6 is 11.8 Å². The summed E-state index contributed by atoms with van der Waals surface area (Å²) in [6, 6.07) is 15.3. The van der Waals surface area contributed by atoms with E-state index < -0.39 is 30.6 Å². The highest BCUT2D eigenvalue weighted by Crippen LogP contribution is 2.44. The molecule has 0 aromatic heterocycles. The molecule has 1 aliphatic rings. The molecule has 2 N–H and O–H groups in total. The van der Waals surface area contributed by atoms with Crippen molar-refractivity contribution >= 4 is 29.7 Å². The number of amides is 2. The summed E-state index contributed by atoms with van der Waals surface area (Å²) in [6.45, 7) is 2.06. The van der Waals surface area contributed by atoms with Crippen LogP contribution in [-0.2, 0) is 14.3 Å². The molecule has 1 unspecified atom stereocenters. The van der Waals surface area contributed by atoms with Gasteiger partial charge in [-0.15, -0.1) is 0 Å². The average molecular weight is 485 g/mol. The quantitative estimate of drug-likeness (QED) is 0.465. The largest absolute Gasteiger partial charge is 0.480 e. The first-order valence-corrected chi connectivity index (χ1v) is 13.0. The number of fused-ring (bicyclic) bond motifs is 3. The fourth-order valence-corrected chi connectivity index (χ4v) is 4.70. The number of carbonyl (C=O) groups is 3. The van der Waals surface area contributed by atoms with Crippen molar-refractivity contribution < 1.29 is 24.2 Å². The van der Waals surface area contributed by atoms with Crippen molar-refractivity contribution in [3.63, 3.8) is 0 Å². The Balaban J connectivity index is 1.68. The molecule has 0 fully saturated rings. The van der Waals surface area contributed by atoms with Crippen LogP contribution in [0.3, 0.4) is 0 Å². The van der Waals surface area contributed by atoms with E-state index in [0.717, 1.165) is 35.1 Å². The van der Waals surface area contributed by atoms with Crippen molar-refractivity contribution in [2.75, 3.05) is 31.7 Å². The zero-order valence-corrected chi connectivity index (χ0v) is 20.5. The molecule has 0 saturated heterocycles. The third-order valence-corrected chi connectivity index (χ3v) is 6.57. The molecule has 182 valence electrons. The maximum atomic E-state index is 13.1. The lowest BCUT2D eigenvalue weighted by atomic mass is 9.98. The van der Waals surface area contributed by atoms with E-state index in [-0.39, 0.29) is 12.5 Å². The molecule has 0 spiro atoms. The number of hydrogen-bond donors (Lipinski definition) is 2. The van der Waals surface area contributed by atoms with Crippen LogP contribution in [0.25, 0.3) is 11.1 Å². The second-order valence-corrected chi connectivity index (χ2v) is 9.30. The van der Waals surface area contributed by atoms with Crippen LogP contribution in [0.15, 0.2) is 48.5 Å². The number of nitrogens with zero attached hydrogens (tertiary/aromatic N) is 1. The lowest BCUT2D eigenvalue weighted by Crippen LogP contribution is -2.50. The first kappa shape index (κ1) is 25.6. The molecule has 0 bridgehead atoms. The molecular weight excluding hydrogens is 452 g/mol. The minimum absolute atomic E-state index is 0.0759. The molecule has 0 radical (unpaired) electrons. The molecule has 3 rings (SSSR count). The number of nitrogens with one attached hydrogen (secondary N) is 1. The molecule has 1 atom stereocenters. The van der Waals surface area contributed by atoms with Gasteiger partial charge in [0.2, 0.25) is 5.91 Å². The summed E-state index contributed by atoms with van der Waals surface area (Å²) in [5, 5.41) is 11.9. The number of thioether (sulfide) groups is 1. The van der Waals surface area contributed by atoms with Gasteiger partial charge >= 0.3 is 12.1 Å². The minimum Gasteiger partial charge on any atom is -0.480 e. The van der Waals surface area contributed by atoms with Gasteiger partial charge in [0.15, 0.2) is 0 Å². The second kappa shape index (κ2) is 12.5. The van der Waals surface area contributed by atoms with Crippen LogP contribution in [0, 0.1) is 0 Å². The van der Waals surface area contributed by atoms with Crippen molar-refractivity contribution in [3.05, 3.63) is 59.7 Å². The van der Waals surface area contributed by atoms with Crippen molar-refractivity contribution in [2.24, 2.45) is 0 Å². The molecule has 1 aliphatic carbocycles. The summed E-state index contributed by atoms with van der Waals surface area (Å²) in [5.74, 6) is -0.930. The normalized spacial score (nSPS) is 13.0. The zero-order valence-electron chi connectivity index (χ0n) is 19.7. The first-order chi connectivity index (χ1) is 16.5. The van der Waals surface area contributed by atoms with Crippen molar-refractivity contribution in [1.29, 1.82) is 0 Å². The Morgan fingerprint density at radius 2 is 1.71 bits per heavy atom. The van der Waals surface area contributed by atoms with Crippen LogP contribution in [0.4, 0.5) is 4.79 Å². The highest BCUT2D eigenvalue weighted by molar-refractivity contribution is 7.98. The Morgan fingerprint density at radius 3 is 2.26 bits per heavy atom. The zero-order chi connectivity index (χ0) is 24.5. The Bertz CT molecular complexity index is 967. The van der Waals surface area contributed by atoms with Gasteiger partial charge < -0.3 is 20.1 Å². The van der Waals surface area contributed by atoms with Gasteiger partial charge in [-0.1, -0.05) is 68.3 Å². The van der Waals surface area contributed by atoms with E-state index in [1.165, 1.54) is 16.7 Å². The van der Waals surface area contributed by atoms with Crippen molar-refractivity contribution in [3.8, 4) is 11.1 Å². The number of rotatable bonds is 12. The van der Waals surface area contributed by atoms with Gasteiger partial charge in [0.25, 0.3) is 0 Å². The number of unbranched alkanes of at least 4 members (excludes halogenated alkanes) is 1. The monoisotopic (exact) mass is 484 g/mol. The molecule has 2 amide bonds. The van der Waals surface area contributed by atoms with E-state index in [1.807, 2.05) is 49.6 Å². The SMILES string of the molecule is CCCCC(NC(=O)OCC1c2ccccc2-c2ccccc21)C(=O)N(CCSC)CC(=O)O. The van der Waals surface area contributed by atoms with Gasteiger partial charge in [-0.25, -0.2) is 4.79 Å². The Labute approximate surface area is 204 Å². The van der Waals surface area contributed by atoms with Gasteiger partial charge in [0.05, 0.1) is 0 Å². The van der Waals surface area contributed by atoms with E-state index in [0.29, 0.717) is 18.7 Å². The van der Waals surface area contributed by atoms with Crippen LogP contribution in [0.2, 0.25) is 0 Å². The van der Waals surface area contributed by atoms with Gasteiger partial charge in [0, 0.05) is 18.2 Å². The van der Waals surface area contributed by atoms with Crippen molar-refractivity contribution in [1.82, 2.24) is 10.2 Å². The fraction of sp³-hybridized carbons (Fsp3) is 0.423. The highest BCUT2D eigenvalue weighted by atomic mass is 32.2. The summed E-state index contributed by atoms with van der Waals surface area (Å²) in [5.41, 5.74) is 4.50. The molecule has 2 aromatic carbocycles. The Kier molecular flexibility index (Phi) is 9.39. The van der Waals surface area contributed by atoms with E-state index in [9.17, 15) is 19.5 Å². The number of benzene rings is 2. The minimum atomic E-state index is -1.08. The third kappa shape index (κ3) is 6.32. The molecule has 0 aliphatic heterocycles. The Morgan fingerprint density at radius 1 is 1.09 bits per heavy atom. The van der Waals surface area contributed by atoms with Crippen LogP contribution < -0.4 is 5.32 Å². The van der Waals surface area contributed by atoms with E-state index >= 15 is 0 Å². The lowest BCUT2D eigenvalue weighted by Gasteiger charge is -2.26. The van der Waals surface area contributed by atoms with Crippen molar-refractivity contribution in [2.45, 2.75) is 38.1 Å². The number of ether oxygens (including phenoxy) is 1. The third-order valence-electron chi connectivity index (χ3n) is 5.98. The molecule has 7 nitrogen and oxygen atoms in total. The Hall–Kier alpha value is -3.00. The summed E-state index contributed by atoms with van der Waals surface area (Å²) >= 11 is 1.53. The number of carbonyl (C=O) groups excluding carboxylic acids is 2. The lowest BCUT2D eigenvalue weighted by molar-refractivity contribution is -0.145. The predicted molar refractivity (Wildman–Crippen MR) is 134 cm³/mol. The van der Waals surface area contributed by atoms with Gasteiger partial charge in [-0.2, -0.15) is 11.8 Å². The van der Waals surface area contributed by atoms with Gasteiger partial charge in [-0.05, 0) is 34.9 Å². The topological polar surface area (TPSA) is 95.9 Å². The predicted octanol–water partition coefficient (Wildman–Crippen LogP) is 4.36. The summed E-state index contributed by atoms with van der Waals surface area (Å²) in [7, 11) is 0. The van der Waals surface area contributed by atoms with Crippen LogP contribution in [0.1, 0.15) is 43.2 Å². The molecule has 2 aromatic rings. The number of alkyl carbamates (subject to hydrolysis) is 1. The fourth-order valence-electron chi connectivity index (χ4n) is 4.30. The number of hydrogen-bond acceptors (Lipinski definition) is 5. The van der Waals surface area contributed by atoms with Gasteiger partial charge in [-0.3, -0.25) is 9.59 Å². The number of aliphatic carboxylic acids is 1. The molecular formula is C26H32N2O5S. The smallest absolute Gasteiger partial charge is 0.407 e. The van der Waals surface area contributed by atoms with Gasteiger partial charge in [0.1, 0.15) is 19.2 Å². The summed E-state index contributed by atoms with van der Waals surface area (Å²) in [4.78, 5) is 38.4. The van der Waals surface area contributed by atoms with Crippen LogP contribution in [0.5, 0.6) is 0 Å². The number of carboxylic acids is 1. The molecule has 8 heteroatoms.